The summed E-state index contributed by atoms with van der Waals surface area (Å²) in [7, 11) is 1.72. The van der Waals surface area contributed by atoms with Crippen LogP contribution < -0.4 is 9.47 Å². The molecule has 0 N–H and O–H groups in total. The van der Waals surface area contributed by atoms with Crippen molar-refractivity contribution in [3.63, 3.8) is 0 Å². The van der Waals surface area contributed by atoms with Gasteiger partial charge in [-0.15, -0.1) is 0 Å². The van der Waals surface area contributed by atoms with E-state index in [9.17, 15) is 4.79 Å². The summed E-state index contributed by atoms with van der Waals surface area (Å²) in [6, 6.07) is 6.32. The van der Waals surface area contributed by atoms with Crippen LogP contribution in [-0.2, 0) is 6.42 Å². The Balaban J connectivity index is 2.07. The minimum atomic E-state index is -0.409. The first kappa shape index (κ1) is 18.9. The topological polar surface area (TPSA) is 42.0 Å². The summed E-state index contributed by atoms with van der Waals surface area (Å²) < 4.78 is 15.2. The average Bonchev–Trinajstić information content (AvgIpc) is 2.78. The lowest BCUT2D eigenvalue weighted by atomic mass is 10.0. The number of hydrogen-bond acceptors (Lipinski definition) is 5. The molecule has 1 aliphatic rings. The molecule has 0 bridgehead atoms. The summed E-state index contributed by atoms with van der Waals surface area (Å²) in [5, 5.41) is 0. The fourth-order valence-electron chi connectivity index (χ4n) is 2.79. The SMILES string of the molecule is CC(C)N(SN(C)C(=O)Oc1cccc2c1OC(C)(C)C2)C(C)C. The molecule has 2 rings (SSSR count). The van der Waals surface area contributed by atoms with Gasteiger partial charge >= 0.3 is 6.09 Å². The fraction of sp³-hybridized carbons (Fsp3) is 0.611. The van der Waals surface area contributed by atoms with Gasteiger partial charge in [0.05, 0.1) is 0 Å². The van der Waals surface area contributed by atoms with Gasteiger partial charge in [-0.05, 0) is 47.6 Å². The lowest BCUT2D eigenvalue weighted by Crippen LogP contribution is -2.36. The van der Waals surface area contributed by atoms with E-state index in [2.05, 4.69) is 32.0 Å². The third kappa shape index (κ3) is 4.36. The standard InChI is InChI=1S/C18H28N2O3S/c1-12(2)20(13(3)4)24-19(7)17(21)22-15-10-8-9-14-11-18(5,6)23-16(14)15/h8-10,12-13H,11H2,1-7H3. The molecule has 0 aromatic heterocycles. The number of fused-ring (bicyclic) bond motifs is 1. The molecule has 0 unspecified atom stereocenters. The van der Waals surface area contributed by atoms with Gasteiger partial charge in [0, 0.05) is 43.2 Å². The zero-order chi connectivity index (χ0) is 18.1. The zero-order valence-corrected chi connectivity index (χ0v) is 16.4. The molecule has 1 aliphatic heterocycles. The van der Waals surface area contributed by atoms with Crippen molar-refractivity contribution in [1.29, 1.82) is 0 Å². The van der Waals surface area contributed by atoms with Crippen molar-refractivity contribution in [3.8, 4) is 11.5 Å². The number of amides is 1. The van der Waals surface area contributed by atoms with Gasteiger partial charge in [-0.1, -0.05) is 12.1 Å². The predicted molar refractivity (Wildman–Crippen MR) is 98.3 cm³/mol. The molecule has 134 valence electrons. The summed E-state index contributed by atoms with van der Waals surface area (Å²) in [4.78, 5) is 12.5. The normalized spacial score (nSPS) is 15.6. The molecule has 24 heavy (non-hydrogen) atoms. The molecule has 6 heteroatoms. The molecule has 1 amide bonds. The van der Waals surface area contributed by atoms with Crippen LogP contribution >= 0.6 is 12.1 Å². The molecular formula is C18H28N2O3S. The Kier molecular flexibility index (Phi) is 5.71. The van der Waals surface area contributed by atoms with Crippen molar-refractivity contribution in [2.75, 3.05) is 7.05 Å². The molecular weight excluding hydrogens is 324 g/mol. The Morgan fingerprint density at radius 2 is 1.88 bits per heavy atom. The molecule has 1 aromatic carbocycles. The lowest BCUT2D eigenvalue weighted by molar-refractivity contribution is 0.131. The van der Waals surface area contributed by atoms with Crippen LogP contribution in [0, 0.1) is 0 Å². The second-order valence-corrected chi connectivity index (χ2v) is 8.41. The molecule has 0 spiro atoms. The van der Waals surface area contributed by atoms with E-state index in [0.717, 1.165) is 12.0 Å². The molecule has 1 aromatic rings. The van der Waals surface area contributed by atoms with Gasteiger partial charge in [-0.25, -0.2) is 13.4 Å². The van der Waals surface area contributed by atoms with Crippen molar-refractivity contribution in [2.45, 2.75) is 65.6 Å². The highest BCUT2D eigenvalue weighted by Crippen LogP contribution is 2.42. The molecule has 0 aliphatic carbocycles. The van der Waals surface area contributed by atoms with Crippen LogP contribution in [0.4, 0.5) is 4.79 Å². The first-order valence-corrected chi connectivity index (χ1v) is 9.06. The van der Waals surface area contributed by atoms with E-state index in [0.29, 0.717) is 23.6 Å². The smallest absolute Gasteiger partial charge is 0.426 e. The Bertz CT molecular complexity index is 594. The first-order valence-electron chi connectivity index (χ1n) is 8.33. The van der Waals surface area contributed by atoms with E-state index in [1.165, 1.54) is 16.4 Å². The molecule has 0 radical (unpaired) electrons. The molecule has 0 atom stereocenters. The summed E-state index contributed by atoms with van der Waals surface area (Å²) >= 11 is 1.37. The molecule has 0 saturated heterocycles. The van der Waals surface area contributed by atoms with Gasteiger partial charge in [-0.3, -0.25) is 0 Å². The summed E-state index contributed by atoms with van der Waals surface area (Å²) in [5.41, 5.74) is 0.809. The number of carbonyl (C=O) groups excluding carboxylic acids is 1. The van der Waals surface area contributed by atoms with Crippen LogP contribution in [0.25, 0.3) is 0 Å². The van der Waals surface area contributed by atoms with E-state index < -0.39 is 6.09 Å². The van der Waals surface area contributed by atoms with Gasteiger partial charge in [0.25, 0.3) is 0 Å². The first-order chi connectivity index (χ1) is 11.1. The number of rotatable bonds is 5. The third-order valence-corrected chi connectivity index (χ3v) is 5.17. The lowest BCUT2D eigenvalue weighted by Gasteiger charge is -2.31. The van der Waals surface area contributed by atoms with Crippen molar-refractivity contribution < 1.29 is 14.3 Å². The summed E-state index contributed by atoms with van der Waals surface area (Å²) in [6.45, 7) is 12.5. The van der Waals surface area contributed by atoms with Crippen LogP contribution in [0.3, 0.4) is 0 Å². The number of para-hydroxylation sites is 1. The van der Waals surface area contributed by atoms with E-state index in [4.69, 9.17) is 9.47 Å². The largest absolute Gasteiger partial charge is 0.483 e. The van der Waals surface area contributed by atoms with E-state index in [-0.39, 0.29) is 5.60 Å². The highest BCUT2D eigenvalue weighted by molar-refractivity contribution is 7.95. The third-order valence-electron chi connectivity index (χ3n) is 3.74. The van der Waals surface area contributed by atoms with E-state index in [1.54, 1.807) is 13.1 Å². The number of nitrogens with zero attached hydrogens (tertiary/aromatic N) is 2. The van der Waals surface area contributed by atoms with Crippen LogP contribution in [0.5, 0.6) is 11.5 Å². The van der Waals surface area contributed by atoms with Gasteiger partial charge in [0.1, 0.15) is 5.60 Å². The van der Waals surface area contributed by atoms with Crippen LogP contribution in [0.2, 0.25) is 0 Å². The predicted octanol–water partition coefficient (Wildman–Crippen LogP) is 4.51. The van der Waals surface area contributed by atoms with E-state index >= 15 is 0 Å². The van der Waals surface area contributed by atoms with Gasteiger partial charge in [0.15, 0.2) is 11.5 Å². The van der Waals surface area contributed by atoms with Crippen LogP contribution in [0.15, 0.2) is 18.2 Å². The zero-order valence-electron chi connectivity index (χ0n) is 15.6. The Morgan fingerprint density at radius 3 is 2.46 bits per heavy atom. The van der Waals surface area contributed by atoms with Crippen LogP contribution in [0.1, 0.15) is 47.1 Å². The van der Waals surface area contributed by atoms with Gasteiger partial charge in [0.2, 0.25) is 0 Å². The molecule has 5 nitrogen and oxygen atoms in total. The monoisotopic (exact) mass is 352 g/mol. The molecule has 1 heterocycles. The van der Waals surface area contributed by atoms with Gasteiger partial charge < -0.3 is 9.47 Å². The maximum atomic E-state index is 12.5. The number of benzene rings is 1. The minimum Gasteiger partial charge on any atom is -0.483 e. The maximum Gasteiger partial charge on any atom is 0.426 e. The fourth-order valence-corrected chi connectivity index (χ4v) is 3.55. The van der Waals surface area contributed by atoms with Crippen molar-refractivity contribution in [1.82, 2.24) is 8.61 Å². The highest BCUT2D eigenvalue weighted by atomic mass is 32.2. The van der Waals surface area contributed by atoms with Crippen molar-refractivity contribution >= 4 is 18.2 Å². The summed E-state index contributed by atoms with van der Waals surface area (Å²) in [5.74, 6) is 1.16. The van der Waals surface area contributed by atoms with Crippen LogP contribution in [-0.4, -0.2) is 39.4 Å². The average molecular weight is 353 g/mol. The minimum absolute atomic E-state index is 0.266. The quantitative estimate of drug-likeness (QED) is 0.729. The second-order valence-electron chi connectivity index (χ2n) is 7.28. The maximum absolute atomic E-state index is 12.5. The molecule has 0 saturated carbocycles. The Hall–Kier alpha value is -1.40. The number of ether oxygens (including phenoxy) is 2. The van der Waals surface area contributed by atoms with Gasteiger partial charge in [-0.2, -0.15) is 0 Å². The Labute approximate surface area is 149 Å². The summed E-state index contributed by atoms with van der Waals surface area (Å²) in [6.07, 6.45) is 0.403. The second kappa shape index (κ2) is 7.23. The molecule has 0 fully saturated rings. The number of hydrogen-bond donors (Lipinski definition) is 0. The number of carbonyl (C=O) groups is 1. The highest BCUT2D eigenvalue weighted by Gasteiger charge is 2.33. The Morgan fingerprint density at radius 1 is 1.25 bits per heavy atom. The van der Waals surface area contributed by atoms with E-state index in [1.807, 2.05) is 26.0 Å². The van der Waals surface area contributed by atoms with Crippen molar-refractivity contribution in [3.05, 3.63) is 23.8 Å². The van der Waals surface area contributed by atoms with Crippen molar-refractivity contribution in [2.24, 2.45) is 0 Å².